The molecular formula is C10H12F9U-. The molecule has 10 heteroatoms. The van der Waals surface area contributed by atoms with E-state index in [9.17, 15) is 39.5 Å². The van der Waals surface area contributed by atoms with E-state index in [2.05, 4.69) is 6.92 Å². The number of hydrogen-bond acceptors (Lipinski definition) is 0. The van der Waals surface area contributed by atoms with Crippen molar-refractivity contribution >= 4 is 0 Å². The third-order valence-corrected chi connectivity index (χ3v) is 2.59. The molecule has 20 heavy (non-hydrogen) atoms. The van der Waals surface area contributed by atoms with E-state index in [0.717, 1.165) is 0 Å². The van der Waals surface area contributed by atoms with E-state index >= 15 is 0 Å². The maximum Gasteiger partial charge on any atom is 0.422 e. The topological polar surface area (TPSA) is 0 Å². The van der Waals surface area contributed by atoms with E-state index in [-0.39, 0.29) is 38.0 Å². The Bertz CT molecular complexity index is 292. The van der Waals surface area contributed by atoms with Crippen molar-refractivity contribution in [2.24, 2.45) is 5.92 Å². The van der Waals surface area contributed by atoms with Gasteiger partial charge >= 0.3 is 12.4 Å². The third-order valence-electron chi connectivity index (χ3n) is 2.59. The summed E-state index contributed by atoms with van der Waals surface area (Å²) in [5.74, 6) is -7.00. The van der Waals surface area contributed by atoms with Crippen molar-refractivity contribution in [1.29, 1.82) is 0 Å². The Morgan fingerprint density at radius 2 is 1.25 bits per heavy atom. The summed E-state index contributed by atoms with van der Waals surface area (Å²) in [6.45, 7) is 2.60. The van der Waals surface area contributed by atoms with Crippen molar-refractivity contribution in [3.05, 3.63) is 6.92 Å². The van der Waals surface area contributed by atoms with Crippen molar-refractivity contribution in [3.8, 4) is 0 Å². The Morgan fingerprint density at radius 3 is 1.50 bits per heavy atom. The average Bonchev–Trinajstić information content (AvgIpc) is 2.12. The molecule has 0 amide bonds. The van der Waals surface area contributed by atoms with Gasteiger partial charge in [-0.05, 0) is 6.92 Å². The molecule has 0 aromatic carbocycles. The molecule has 0 spiro atoms. The Hall–Kier alpha value is 0.422. The van der Waals surface area contributed by atoms with E-state index < -0.39 is 49.1 Å². The van der Waals surface area contributed by atoms with Crippen LogP contribution in [0.4, 0.5) is 39.5 Å². The number of hydrogen-bond donors (Lipinski definition) is 0. The first kappa shape index (κ1) is 22.7. The van der Waals surface area contributed by atoms with E-state index in [1.165, 1.54) is 0 Å². The second-order valence-electron chi connectivity index (χ2n) is 4.45. The standard InChI is InChI=1S/C10H12F9.U/c1-3-8(12,13)5-6(9(14,15)16)4-7(2,11)10(17,18)19;/h6H,1,3-5H2,2H3;/q-1;. The van der Waals surface area contributed by atoms with Gasteiger partial charge in [-0.1, -0.05) is 0 Å². The Kier molecular flexibility index (Phi) is 8.08. The third kappa shape index (κ3) is 6.92. The molecule has 2 atom stereocenters. The van der Waals surface area contributed by atoms with Gasteiger partial charge in [-0.3, -0.25) is 0 Å². The minimum absolute atomic E-state index is 0. The summed E-state index contributed by atoms with van der Waals surface area (Å²) in [5.41, 5.74) is -4.19. The largest absolute Gasteiger partial charge is 0.422 e. The number of alkyl halides is 9. The molecule has 120 valence electrons. The van der Waals surface area contributed by atoms with Crippen LogP contribution < -0.4 is 0 Å². The van der Waals surface area contributed by atoms with Gasteiger partial charge in [0.05, 0.1) is 5.92 Å². The van der Waals surface area contributed by atoms with Crippen LogP contribution in [-0.2, 0) is 0 Å². The fraction of sp³-hybridized carbons (Fsp3) is 0.900. The van der Waals surface area contributed by atoms with Crippen molar-refractivity contribution in [2.75, 3.05) is 0 Å². The van der Waals surface area contributed by atoms with Gasteiger partial charge in [-0.15, -0.1) is 6.42 Å². The summed E-state index contributed by atoms with van der Waals surface area (Å²) in [4.78, 5) is 0. The van der Waals surface area contributed by atoms with Gasteiger partial charge in [-0.25, -0.2) is 13.2 Å². The molecule has 0 fully saturated rings. The van der Waals surface area contributed by atoms with Crippen molar-refractivity contribution in [2.45, 2.75) is 50.1 Å². The summed E-state index contributed by atoms with van der Waals surface area (Å²) in [6.07, 6.45) is -16.1. The van der Waals surface area contributed by atoms with Gasteiger partial charge in [0.25, 0.3) is 0 Å². The summed E-state index contributed by atoms with van der Waals surface area (Å²) < 4.78 is 113. The normalized spacial score (nSPS) is 18.1. The SMILES string of the molecule is [CH2-]CC(F)(F)CC(CC(C)(F)C(F)(F)F)C(F)(F)F.[U]. The minimum Gasteiger partial charge on any atom is -0.338 e. The first-order chi connectivity index (χ1) is 8.12. The van der Waals surface area contributed by atoms with Crippen LogP contribution in [0, 0.1) is 44.0 Å². The van der Waals surface area contributed by atoms with E-state index in [0.29, 0.717) is 0 Å². The molecule has 0 radical (unpaired) electrons. The van der Waals surface area contributed by atoms with Crippen LogP contribution in [0.2, 0.25) is 0 Å². The molecule has 0 aromatic rings. The van der Waals surface area contributed by atoms with Crippen LogP contribution in [0.1, 0.15) is 26.2 Å². The smallest absolute Gasteiger partial charge is 0.338 e. The summed E-state index contributed by atoms with van der Waals surface area (Å²) in [5, 5.41) is 0. The fourth-order valence-electron chi connectivity index (χ4n) is 1.34. The van der Waals surface area contributed by atoms with Gasteiger partial charge in [0.1, 0.15) is 0 Å². The van der Waals surface area contributed by atoms with Crippen molar-refractivity contribution in [1.82, 2.24) is 0 Å². The van der Waals surface area contributed by atoms with Crippen molar-refractivity contribution in [3.63, 3.8) is 0 Å². The second kappa shape index (κ2) is 7.12. The van der Waals surface area contributed by atoms with Gasteiger partial charge in [0.2, 0.25) is 11.6 Å². The van der Waals surface area contributed by atoms with Crippen LogP contribution in [0.25, 0.3) is 0 Å². The number of halogens is 9. The first-order valence-corrected chi connectivity index (χ1v) is 5.12. The Morgan fingerprint density at radius 1 is 0.850 bits per heavy atom. The van der Waals surface area contributed by atoms with Crippen LogP contribution in [0.3, 0.4) is 0 Å². The maximum atomic E-state index is 13.2. The van der Waals surface area contributed by atoms with Gasteiger partial charge in [0, 0.05) is 44.0 Å². The van der Waals surface area contributed by atoms with E-state index in [1.807, 2.05) is 0 Å². The van der Waals surface area contributed by atoms with Crippen LogP contribution in [-0.4, -0.2) is 23.9 Å². The zero-order chi connectivity index (χ0) is 15.7. The molecule has 0 aliphatic carbocycles. The second-order valence-corrected chi connectivity index (χ2v) is 4.45. The van der Waals surface area contributed by atoms with E-state index in [1.54, 1.807) is 0 Å². The summed E-state index contributed by atoms with van der Waals surface area (Å²) in [6, 6.07) is 0. The Labute approximate surface area is 133 Å². The molecule has 0 bridgehead atoms. The molecule has 0 nitrogen and oxygen atoms in total. The molecule has 0 saturated carbocycles. The Balaban J connectivity index is 0. The first-order valence-electron chi connectivity index (χ1n) is 5.12. The average molecular weight is 541 g/mol. The van der Waals surface area contributed by atoms with Crippen LogP contribution in [0.15, 0.2) is 0 Å². The van der Waals surface area contributed by atoms with Gasteiger partial charge in [0.15, 0.2) is 0 Å². The van der Waals surface area contributed by atoms with Gasteiger partial charge in [-0.2, -0.15) is 26.3 Å². The molecule has 0 saturated heterocycles. The maximum absolute atomic E-state index is 13.2. The molecule has 0 rings (SSSR count). The number of rotatable bonds is 5. The summed E-state index contributed by atoms with van der Waals surface area (Å²) in [7, 11) is 0. The molecular weight excluding hydrogens is 529 g/mol. The monoisotopic (exact) mass is 541 g/mol. The van der Waals surface area contributed by atoms with Crippen LogP contribution in [0.5, 0.6) is 0 Å². The summed E-state index contributed by atoms with van der Waals surface area (Å²) >= 11 is 0. The van der Waals surface area contributed by atoms with Gasteiger partial charge < -0.3 is 6.92 Å². The quantitative estimate of drug-likeness (QED) is 0.336. The van der Waals surface area contributed by atoms with E-state index in [4.69, 9.17) is 0 Å². The minimum atomic E-state index is -5.56. The molecule has 0 heterocycles. The predicted octanol–water partition coefficient (Wildman–Crippen LogP) is 5.10. The molecule has 2 unspecified atom stereocenters. The zero-order valence-electron chi connectivity index (χ0n) is 10.3. The molecule has 0 aliphatic rings. The molecule has 0 N–H and O–H groups in total. The van der Waals surface area contributed by atoms with Crippen LogP contribution >= 0.6 is 0 Å². The molecule has 0 aromatic heterocycles. The molecule has 0 aliphatic heterocycles. The zero-order valence-corrected chi connectivity index (χ0v) is 14.5. The fourth-order valence-corrected chi connectivity index (χ4v) is 1.34. The predicted molar refractivity (Wildman–Crippen MR) is 49.3 cm³/mol. The van der Waals surface area contributed by atoms with Crippen molar-refractivity contribution < 1.29 is 70.6 Å².